The molecule has 1 heterocycles. The largest absolute Gasteiger partial charge is 0.347 e. The average molecular weight is 503 g/mol. The molecule has 0 aromatic heterocycles. The lowest BCUT2D eigenvalue weighted by Gasteiger charge is -2.51. The van der Waals surface area contributed by atoms with Crippen LogP contribution in [0.15, 0.2) is 83.3 Å². The third-order valence-electron chi connectivity index (χ3n) is 7.59. The Labute approximate surface area is 201 Å². The van der Waals surface area contributed by atoms with Gasteiger partial charge in [0.2, 0.25) is 0 Å². The second-order valence-corrected chi connectivity index (χ2v) is 10.1. The second kappa shape index (κ2) is 7.73. The van der Waals surface area contributed by atoms with Gasteiger partial charge < -0.3 is 9.47 Å². The van der Waals surface area contributed by atoms with Crippen LogP contribution in [0.2, 0.25) is 0 Å². The van der Waals surface area contributed by atoms with Crippen LogP contribution in [0.1, 0.15) is 56.5 Å². The van der Waals surface area contributed by atoms with Crippen molar-refractivity contribution in [2.75, 3.05) is 13.2 Å². The van der Waals surface area contributed by atoms with E-state index in [1.165, 1.54) is 0 Å². The summed E-state index contributed by atoms with van der Waals surface area (Å²) < 4.78 is 13.4. The standard InChI is InChI=1S/C28H23BrO4/c29-20-12-10-19(11-13-20)24-17-27(32-14-15-33-27)16-23(18-6-2-1-3-7-18)28(24)25(30)21-8-4-5-9-22(21)26(28)31/h1-13,23-24H,14-17H2/t23-,24+/m1/s1. The average Bonchev–Trinajstić information content (AvgIpc) is 3.39. The molecule has 1 saturated heterocycles. The van der Waals surface area contributed by atoms with Crippen LogP contribution in [0, 0.1) is 5.41 Å². The number of halogens is 1. The van der Waals surface area contributed by atoms with Crippen molar-refractivity contribution in [3.05, 3.63) is 106 Å². The number of ether oxygens (including phenoxy) is 2. The minimum absolute atomic E-state index is 0.0854. The molecule has 2 spiro atoms. The molecular formula is C28H23BrO4. The number of fused-ring (bicyclic) bond motifs is 1. The first-order chi connectivity index (χ1) is 16.1. The summed E-state index contributed by atoms with van der Waals surface area (Å²) >= 11 is 3.52. The third-order valence-corrected chi connectivity index (χ3v) is 8.11. The molecule has 2 fully saturated rings. The first kappa shape index (κ1) is 21.0. The lowest BCUT2D eigenvalue weighted by molar-refractivity contribution is -0.194. The maximum absolute atomic E-state index is 14.3. The smallest absolute Gasteiger partial charge is 0.178 e. The van der Waals surface area contributed by atoms with E-state index in [1.54, 1.807) is 12.1 Å². The van der Waals surface area contributed by atoms with E-state index in [9.17, 15) is 9.59 Å². The Morgan fingerprint density at radius 2 is 1.15 bits per heavy atom. The van der Waals surface area contributed by atoms with Gasteiger partial charge in [-0.3, -0.25) is 9.59 Å². The van der Waals surface area contributed by atoms with Crippen molar-refractivity contribution in [1.29, 1.82) is 0 Å². The van der Waals surface area contributed by atoms with E-state index in [-0.39, 0.29) is 23.4 Å². The highest BCUT2D eigenvalue weighted by Crippen LogP contribution is 2.64. The number of ketones is 2. The number of hydrogen-bond acceptors (Lipinski definition) is 4. The topological polar surface area (TPSA) is 52.6 Å². The third kappa shape index (κ3) is 3.03. The number of Topliss-reactive ketones (excluding diaryl/α,β-unsaturated/α-hetero) is 2. The first-order valence-electron chi connectivity index (χ1n) is 11.3. The molecular weight excluding hydrogens is 480 g/mol. The summed E-state index contributed by atoms with van der Waals surface area (Å²) in [5, 5.41) is 0. The minimum atomic E-state index is -1.24. The van der Waals surface area contributed by atoms with E-state index >= 15 is 0 Å². The summed E-state index contributed by atoms with van der Waals surface area (Å²) in [7, 11) is 0. The van der Waals surface area contributed by atoms with Crippen LogP contribution < -0.4 is 0 Å². The first-order valence-corrected chi connectivity index (χ1v) is 12.1. The molecule has 0 amide bonds. The van der Waals surface area contributed by atoms with Crippen molar-refractivity contribution < 1.29 is 19.1 Å². The molecule has 3 aromatic carbocycles. The van der Waals surface area contributed by atoms with E-state index in [4.69, 9.17) is 9.47 Å². The highest BCUT2D eigenvalue weighted by Gasteiger charge is 2.67. The van der Waals surface area contributed by atoms with Gasteiger partial charge in [-0.1, -0.05) is 82.7 Å². The molecule has 3 aliphatic rings. The van der Waals surface area contributed by atoms with E-state index in [1.807, 2.05) is 66.7 Å². The summed E-state index contributed by atoms with van der Waals surface area (Å²) in [6.07, 6.45) is 0.930. The number of carbonyl (C=O) groups is 2. The fourth-order valence-electron chi connectivity index (χ4n) is 6.21. The summed E-state index contributed by atoms with van der Waals surface area (Å²) in [5.74, 6) is -1.73. The van der Waals surface area contributed by atoms with Crippen LogP contribution >= 0.6 is 15.9 Å². The van der Waals surface area contributed by atoms with Crippen molar-refractivity contribution in [3.63, 3.8) is 0 Å². The molecule has 0 unspecified atom stereocenters. The highest BCUT2D eigenvalue weighted by molar-refractivity contribution is 9.10. The zero-order valence-electron chi connectivity index (χ0n) is 18.0. The maximum Gasteiger partial charge on any atom is 0.178 e. The molecule has 2 aliphatic carbocycles. The van der Waals surface area contributed by atoms with Crippen LogP contribution in [0.4, 0.5) is 0 Å². The maximum atomic E-state index is 14.3. The Hall–Kier alpha value is -2.60. The van der Waals surface area contributed by atoms with Gasteiger partial charge in [0, 0.05) is 40.3 Å². The Bertz CT molecular complexity index is 1190. The quantitative estimate of drug-likeness (QED) is 0.408. The Kier molecular flexibility index (Phi) is 4.91. The molecule has 1 saturated carbocycles. The van der Waals surface area contributed by atoms with E-state index in [2.05, 4.69) is 15.9 Å². The molecule has 4 nitrogen and oxygen atoms in total. The number of carbonyl (C=O) groups excluding carboxylic acids is 2. The summed E-state index contributed by atoms with van der Waals surface area (Å²) in [4.78, 5) is 28.6. The summed E-state index contributed by atoms with van der Waals surface area (Å²) in [6.45, 7) is 1.04. The monoisotopic (exact) mass is 502 g/mol. The predicted octanol–water partition coefficient (Wildman–Crippen LogP) is 5.92. The minimum Gasteiger partial charge on any atom is -0.347 e. The van der Waals surface area contributed by atoms with Gasteiger partial charge >= 0.3 is 0 Å². The molecule has 3 aromatic rings. The molecule has 166 valence electrons. The van der Waals surface area contributed by atoms with Crippen molar-refractivity contribution in [3.8, 4) is 0 Å². The van der Waals surface area contributed by atoms with Gasteiger partial charge in [-0.25, -0.2) is 0 Å². The van der Waals surface area contributed by atoms with Crippen molar-refractivity contribution in [1.82, 2.24) is 0 Å². The van der Waals surface area contributed by atoms with Crippen LogP contribution in [0.5, 0.6) is 0 Å². The second-order valence-electron chi connectivity index (χ2n) is 9.16. The molecule has 0 radical (unpaired) electrons. The van der Waals surface area contributed by atoms with Gasteiger partial charge in [-0.05, 0) is 23.3 Å². The Morgan fingerprint density at radius 3 is 1.70 bits per heavy atom. The van der Waals surface area contributed by atoms with Gasteiger partial charge in [0.1, 0.15) is 5.41 Å². The fraction of sp³-hybridized carbons (Fsp3) is 0.286. The van der Waals surface area contributed by atoms with E-state index < -0.39 is 11.2 Å². The van der Waals surface area contributed by atoms with Gasteiger partial charge in [0.05, 0.1) is 13.2 Å². The number of hydrogen-bond donors (Lipinski definition) is 0. The molecule has 33 heavy (non-hydrogen) atoms. The Balaban J connectivity index is 1.62. The van der Waals surface area contributed by atoms with E-state index in [0.29, 0.717) is 37.2 Å². The van der Waals surface area contributed by atoms with Crippen LogP contribution in [0.3, 0.4) is 0 Å². The van der Waals surface area contributed by atoms with Gasteiger partial charge in [0.25, 0.3) is 0 Å². The molecule has 0 N–H and O–H groups in total. The van der Waals surface area contributed by atoms with Crippen molar-refractivity contribution >= 4 is 27.5 Å². The van der Waals surface area contributed by atoms with Crippen molar-refractivity contribution in [2.24, 2.45) is 5.41 Å². The summed E-state index contributed by atoms with van der Waals surface area (Å²) in [5.41, 5.74) is 1.72. The van der Waals surface area contributed by atoms with Gasteiger partial charge in [-0.15, -0.1) is 0 Å². The predicted molar refractivity (Wildman–Crippen MR) is 127 cm³/mol. The molecule has 2 atom stereocenters. The molecule has 1 aliphatic heterocycles. The number of benzene rings is 3. The lowest BCUT2D eigenvalue weighted by atomic mass is 9.53. The summed E-state index contributed by atoms with van der Waals surface area (Å²) in [6, 6.07) is 25.1. The van der Waals surface area contributed by atoms with Gasteiger partial charge in [-0.2, -0.15) is 0 Å². The Morgan fingerprint density at radius 1 is 0.667 bits per heavy atom. The fourth-order valence-corrected chi connectivity index (χ4v) is 6.47. The highest BCUT2D eigenvalue weighted by atomic mass is 79.9. The van der Waals surface area contributed by atoms with Crippen LogP contribution in [-0.2, 0) is 9.47 Å². The van der Waals surface area contributed by atoms with Crippen molar-refractivity contribution in [2.45, 2.75) is 30.5 Å². The molecule has 6 rings (SSSR count). The van der Waals surface area contributed by atoms with Crippen LogP contribution in [0.25, 0.3) is 0 Å². The lowest BCUT2D eigenvalue weighted by Crippen LogP contribution is -2.54. The van der Waals surface area contributed by atoms with Gasteiger partial charge in [0.15, 0.2) is 17.4 Å². The molecule has 5 heteroatoms. The molecule has 0 bridgehead atoms. The normalized spacial score (nSPS) is 25.0. The van der Waals surface area contributed by atoms with Crippen LogP contribution in [-0.4, -0.2) is 30.6 Å². The SMILES string of the molecule is O=C1c2ccccc2C(=O)C12[C@@H](c1ccccc1)CC1(C[C@H]2c2ccc(Br)cc2)OCCO1. The number of rotatable bonds is 2. The zero-order valence-corrected chi connectivity index (χ0v) is 19.6. The van der Waals surface area contributed by atoms with E-state index in [0.717, 1.165) is 15.6 Å². The zero-order chi connectivity index (χ0) is 22.6.